The molecule has 1 saturated carbocycles. The summed E-state index contributed by atoms with van der Waals surface area (Å²) in [5.41, 5.74) is 0.661. The molecular weight excluding hydrogens is 278 g/mol. The van der Waals surface area contributed by atoms with Crippen molar-refractivity contribution in [2.24, 2.45) is 0 Å². The highest BCUT2D eigenvalue weighted by molar-refractivity contribution is 5.92. The largest absolute Gasteiger partial charge is 0.438 e. The molecule has 2 heterocycles. The highest BCUT2D eigenvalue weighted by Gasteiger charge is 2.28. The van der Waals surface area contributed by atoms with E-state index in [4.69, 9.17) is 4.42 Å². The molecule has 0 aromatic carbocycles. The summed E-state index contributed by atoms with van der Waals surface area (Å²) in [6.45, 7) is 3.96. The Balaban J connectivity index is 1.56. The van der Waals surface area contributed by atoms with Crippen molar-refractivity contribution in [3.05, 3.63) is 17.8 Å². The average Bonchev–Trinajstić information content (AvgIpc) is 2.78. The second-order valence-corrected chi connectivity index (χ2v) is 6.72. The van der Waals surface area contributed by atoms with Crippen LogP contribution in [0, 0.1) is 6.92 Å². The lowest BCUT2D eigenvalue weighted by atomic mass is 10.00. The first kappa shape index (κ1) is 15.5. The minimum atomic E-state index is -0.122. The predicted molar refractivity (Wildman–Crippen MR) is 84.8 cm³/mol. The number of aryl methyl sites for hydroxylation is 1. The van der Waals surface area contributed by atoms with Crippen LogP contribution in [0.1, 0.15) is 67.6 Å². The van der Waals surface area contributed by atoms with E-state index >= 15 is 0 Å². The number of piperidine rings is 1. The number of amides is 1. The number of carbonyl (C=O) groups excluding carboxylic acids is 1. The van der Waals surface area contributed by atoms with Crippen molar-refractivity contribution in [2.75, 3.05) is 13.1 Å². The Morgan fingerprint density at radius 2 is 2.00 bits per heavy atom. The molecule has 0 spiro atoms. The van der Waals surface area contributed by atoms with E-state index in [9.17, 15) is 4.79 Å². The van der Waals surface area contributed by atoms with E-state index in [2.05, 4.69) is 15.2 Å². The monoisotopic (exact) mass is 305 g/mol. The summed E-state index contributed by atoms with van der Waals surface area (Å²) >= 11 is 0. The van der Waals surface area contributed by atoms with Crippen molar-refractivity contribution in [2.45, 2.75) is 70.4 Å². The van der Waals surface area contributed by atoms with Gasteiger partial charge in [0, 0.05) is 18.6 Å². The van der Waals surface area contributed by atoms with Gasteiger partial charge in [-0.1, -0.05) is 25.7 Å². The fourth-order valence-corrected chi connectivity index (χ4v) is 3.85. The molecule has 0 bridgehead atoms. The highest BCUT2D eigenvalue weighted by atomic mass is 16.3. The standard InChI is InChI=1S/C17H27N3O2/c1-13-16(22-12-18-13)17(21)19-14-7-6-10-20(11-14)15-8-4-2-3-5-9-15/h12,14-15H,2-11H2,1H3,(H,19,21). The SMILES string of the molecule is Cc1ncoc1C(=O)NC1CCCN(C2CCCCCC2)C1. The van der Waals surface area contributed by atoms with Crippen LogP contribution < -0.4 is 5.32 Å². The molecule has 2 fully saturated rings. The van der Waals surface area contributed by atoms with Crippen molar-refractivity contribution in [1.82, 2.24) is 15.2 Å². The van der Waals surface area contributed by atoms with E-state index < -0.39 is 0 Å². The number of likely N-dealkylation sites (tertiary alicyclic amines) is 1. The summed E-state index contributed by atoms with van der Waals surface area (Å²) in [6, 6.07) is 0.947. The van der Waals surface area contributed by atoms with Crippen LogP contribution in [0.3, 0.4) is 0 Å². The van der Waals surface area contributed by atoms with E-state index in [1.807, 2.05) is 0 Å². The van der Waals surface area contributed by atoms with Crippen molar-refractivity contribution in [1.29, 1.82) is 0 Å². The Hall–Kier alpha value is -1.36. The van der Waals surface area contributed by atoms with Gasteiger partial charge in [0.25, 0.3) is 5.91 Å². The lowest BCUT2D eigenvalue weighted by Gasteiger charge is -2.38. The topological polar surface area (TPSA) is 58.4 Å². The minimum absolute atomic E-state index is 0.122. The summed E-state index contributed by atoms with van der Waals surface area (Å²) < 4.78 is 5.19. The zero-order valence-electron chi connectivity index (χ0n) is 13.5. The molecule has 3 rings (SSSR count). The zero-order valence-corrected chi connectivity index (χ0v) is 13.5. The van der Waals surface area contributed by atoms with Gasteiger partial charge in [0.2, 0.25) is 5.76 Å². The molecular formula is C17H27N3O2. The number of aromatic nitrogens is 1. The number of nitrogens with one attached hydrogen (secondary N) is 1. The van der Waals surface area contributed by atoms with Gasteiger partial charge in [-0.25, -0.2) is 4.98 Å². The number of rotatable bonds is 3. The van der Waals surface area contributed by atoms with Gasteiger partial charge in [-0.3, -0.25) is 9.69 Å². The first-order valence-corrected chi connectivity index (χ1v) is 8.69. The molecule has 122 valence electrons. The Bertz CT molecular complexity index is 492. The van der Waals surface area contributed by atoms with Gasteiger partial charge < -0.3 is 9.73 Å². The molecule has 2 aliphatic rings. The van der Waals surface area contributed by atoms with Gasteiger partial charge in [0.15, 0.2) is 6.39 Å². The Labute approximate surface area is 132 Å². The second kappa shape index (κ2) is 7.27. The third-order valence-corrected chi connectivity index (χ3v) is 5.08. The van der Waals surface area contributed by atoms with E-state index in [-0.39, 0.29) is 11.9 Å². The molecule has 22 heavy (non-hydrogen) atoms. The van der Waals surface area contributed by atoms with E-state index in [1.54, 1.807) is 6.92 Å². The summed E-state index contributed by atoms with van der Waals surface area (Å²) in [7, 11) is 0. The number of nitrogens with zero attached hydrogens (tertiary/aromatic N) is 2. The average molecular weight is 305 g/mol. The van der Waals surface area contributed by atoms with E-state index in [1.165, 1.54) is 51.5 Å². The van der Waals surface area contributed by atoms with Gasteiger partial charge in [0.05, 0.1) is 5.69 Å². The molecule has 1 aliphatic heterocycles. The molecule has 5 heteroatoms. The first-order valence-electron chi connectivity index (χ1n) is 8.69. The van der Waals surface area contributed by atoms with Crippen molar-refractivity contribution >= 4 is 5.91 Å². The van der Waals surface area contributed by atoms with Gasteiger partial charge in [-0.05, 0) is 39.2 Å². The lowest BCUT2D eigenvalue weighted by Crippen LogP contribution is -2.50. The molecule has 1 aromatic heterocycles. The summed E-state index contributed by atoms with van der Waals surface area (Å²) in [6.07, 6.45) is 11.7. The maximum Gasteiger partial charge on any atom is 0.289 e. The summed E-state index contributed by atoms with van der Waals surface area (Å²) in [5.74, 6) is 0.231. The Morgan fingerprint density at radius 1 is 1.23 bits per heavy atom. The fourth-order valence-electron chi connectivity index (χ4n) is 3.85. The maximum absolute atomic E-state index is 12.3. The van der Waals surface area contributed by atoms with Crippen LogP contribution in [-0.2, 0) is 0 Å². The number of hydrogen-bond donors (Lipinski definition) is 1. The minimum Gasteiger partial charge on any atom is -0.438 e. The summed E-state index contributed by atoms with van der Waals surface area (Å²) in [5, 5.41) is 3.13. The molecule has 1 unspecified atom stereocenters. The van der Waals surface area contributed by atoms with Crippen LogP contribution in [0.4, 0.5) is 0 Å². The van der Waals surface area contributed by atoms with Gasteiger partial charge in [-0.15, -0.1) is 0 Å². The molecule has 1 atom stereocenters. The normalized spacial score (nSPS) is 24.9. The molecule has 1 aromatic rings. The van der Waals surface area contributed by atoms with Gasteiger partial charge >= 0.3 is 0 Å². The van der Waals surface area contributed by atoms with Gasteiger partial charge in [0.1, 0.15) is 0 Å². The van der Waals surface area contributed by atoms with Crippen molar-refractivity contribution in [3.63, 3.8) is 0 Å². The number of carbonyl (C=O) groups is 1. The third-order valence-electron chi connectivity index (χ3n) is 5.08. The van der Waals surface area contributed by atoms with Crippen LogP contribution in [0.5, 0.6) is 0 Å². The van der Waals surface area contributed by atoms with Crippen LogP contribution >= 0.6 is 0 Å². The molecule has 0 radical (unpaired) electrons. The van der Waals surface area contributed by atoms with Crippen LogP contribution in [0.25, 0.3) is 0 Å². The Kier molecular flexibility index (Phi) is 5.13. The van der Waals surface area contributed by atoms with Crippen LogP contribution in [0.15, 0.2) is 10.8 Å². The fraction of sp³-hybridized carbons (Fsp3) is 0.765. The van der Waals surface area contributed by atoms with Crippen LogP contribution in [-0.4, -0.2) is 41.0 Å². The molecule has 1 aliphatic carbocycles. The molecule has 1 N–H and O–H groups in total. The third kappa shape index (κ3) is 3.69. The maximum atomic E-state index is 12.3. The second-order valence-electron chi connectivity index (χ2n) is 6.72. The molecule has 1 saturated heterocycles. The lowest BCUT2D eigenvalue weighted by molar-refractivity contribution is 0.0834. The van der Waals surface area contributed by atoms with E-state index in [0.29, 0.717) is 17.5 Å². The smallest absolute Gasteiger partial charge is 0.289 e. The molecule has 5 nitrogen and oxygen atoms in total. The van der Waals surface area contributed by atoms with E-state index in [0.717, 1.165) is 19.4 Å². The summed E-state index contributed by atoms with van der Waals surface area (Å²) in [4.78, 5) is 18.9. The zero-order chi connectivity index (χ0) is 15.4. The Morgan fingerprint density at radius 3 is 2.68 bits per heavy atom. The predicted octanol–water partition coefficient (Wildman–Crippen LogP) is 2.90. The van der Waals surface area contributed by atoms with Gasteiger partial charge in [-0.2, -0.15) is 0 Å². The first-order chi connectivity index (χ1) is 10.7. The van der Waals surface area contributed by atoms with Crippen molar-refractivity contribution in [3.8, 4) is 0 Å². The van der Waals surface area contributed by atoms with Crippen LogP contribution in [0.2, 0.25) is 0 Å². The number of hydrogen-bond acceptors (Lipinski definition) is 4. The quantitative estimate of drug-likeness (QED) is 0.872. The van der Waals surface area contributed by atoms with Crippen molar-refractivity contribution < 1.29 is 9.21 Å². The highest BCUT2D eigenvalue weighted by Crippen LogP contribution is 2.24. The molecule has 1 amide bonds. The number of oxazole rings is 1.